The molecule has 2 N–H and O–H groups in total. The number of imide groups is 1. The van der Waals surface area contributed by atoms with E-state index < -0.39 is 5.97 Å². The quantitative estimate of drug-likeness (QED) is 0.718. The zero-order chi connectivity index (χ0) is 20.0. The monoisotopic (exact) mass is 422 g/mol. The molecule has 0 unspecified atom stereocenters. The molecule has 7 atom stereocenters. The minimum absolute atomic E-state index is 0.0341. The van der Waals surface area contributed by atoms with Crippen LogP contribution in [0.1, 0.15) is 38.0 Å². The number of carboxylic acids is 1. The summed E-state index contributed by atoms with van der Waals surface area (Å²) in [6, 6.07) is 0. The molecule has 2 aliphatic carbocycles. The summed E-state index contributed by atoms with van der Waals surface area (Å²) < 4.78 is 0. The first-order valence-corrected chi connectivity index (χ1v) is 11.4. The average Bonchev–Trinajstić information content (AvgIpc) is 3.36. The minimum Gasteiger partial charge on any atom is -0.481 e. The number of carbonyl (C=O) groups excluding carboxylic acids is 2. The first-order chi connectivity index (χ1) is 13.3. The molecule has 0 radical (unpaired) electrons. The van der Waals surface area contributed by atoms with Gasteiger partial charge in [-0.25, -0.2) is 0 Å². The highest BCUT2D eigenvalue weighted by atomic mass is 32.2. The van der Waals surface area contributed by atoms with Gasteiger partial charge in [0, 0.05) is 22.1 Å². The van der Waals surface area contributed by atoms with Gasteiger partial charge in [-0.05, 0) is 30.6 Å². The van der Waals surface area contributed by atoms with Crippen molar-refractivity contribution in [1.29, 1.82) is 0 Å². The summed E-state index contributed by atoms with van der Waals surface area (Å²) in [5, 5.41) is 10.1. The van der Waals surface area contributed by atoms with E-state index in [-0.39, 0.29) is 69.9 Å². The van der Waals surface area contributed by atoms with Crippen LogP contribution in [0.2, 0.25) is 0 Å². The maximum atomic E-state index is 13.1. The van der Waals surface area contributed by atoms with Crippen molar-refractivity contribution < 1.29 is 19.5 Å². The molecule has 3 fully saturated rings. The number of hydrogen-bond donors (Lipinski definition) is 2. The third kappa shape index (κ3) is 2.17. The maximum absolute atomic E-state index is 13.1. The highest BCUT2D eigenvalue weighted by molar-refractivity contribution is 8.00. The number of likely N-dealkylation sites (tertiary alicyclic amines) is 1. The van der Waals surface area contributed by atoms with Gasteiger partial charge in [-0.3, -0.25) is 24.1 Å². The lowest BCUT2D eigenvalue weighted by atomic mass is 9.62. The molecule has 1 aromatic rings. The van der Waals surface area contributed by atoms with Gasteiger partial charge >= 0.3 is 10.8 Å². The van der Waals surface area contributed by atoms with Crippen molar-refractivity contribution in [2.24, 2.45) is 29.6 Å². The van der Waals surface area contributed by atoms with Crippen LogP contribution in [0.25, 0.3) is 0 Å². The number of nitrogens with zero attached hydrogens (tertiary/aromatic N) is 1. The van der Waals surface area contributed by atoms with Crippen molar-refractivity contribution in [2.75, 3.05) is 6.54 Å². The number of hydrogen-bond acceptors (Lipinski definition) is 6. The van der Waals surface area contributed by atoms with Crippen molar-refractivity contribution >= 4 is 40.9 Å². The Bertz CT molecular complexity index is 954. The Balaban J connectivity index is 1.53. The van der Waals surface area contributed by atoms with Crippen molar-refractivity contribution in [2.45, 2.75) is 48.8 Å². The number of fused-ring (bicyclic) bond motifs is 9. The molecule has 3 heterocycles. The van der Waals surface area contributed by atoms with Crippen LogP contribution >= 0.6 is 23.1 Å². The first-order valence-electron chi connectivity index (χ1n) is 9.75. The number of carbonyl (C=O) groups is 3. The molecule has 1 saturated heterocycles. The number of amides is 2. The number of aliphatic carboxylic acids is 1. The van der Waals surface area contributed by atoms with Gasteiger partial charge in [0.25, 0.3) is 0 Å². The fourth-order valence-corrected chi connectivity index (χ4v) is 9.58. The summed E-state index contributed by atoms with van der Waals surface area (Å²) in [7, 11) is 0. The lowest BCUT2D eigenvalue weighted by Crippen LogP contribution is -2.49. The van der Waals surface area contributed by atoms with E-state index in [2.05, 4.69) is 18.8 Å². The summed E-state index contributed by atoms with van der Waals surface area (Å²) >= 11 is 2.96. The number of thiazole rings is 1. The maximum Gasteiger partial charge on any atom is 0.305 e. The molecule has 0 aromatic carbocycles. The van der Waals surface area contributed by atoms with E-state index in [1.807, 2.05) is 0 Å². The third-order valence-corrected chi connectivity index (χ3v) is 10.4. The van der Waals surface area contributed by atoms with Crippen molar-refractivity contribution in [1.82, 2.24) is 9.88 Å². The lowest BCUT2D eigenvalue weighted by molar-refractivity contribution is -0.142. The number of aromatic amines is 1. The SMILES string of the molecule is CC[C@]1(C)c2sc(=O)[nH]c2S[C@H]2[C@H]3C[C@@H]([C@@H]4C(=O)N(CCC(=O)O)C(=O)[C@@H]34)[C@@H]21. The Labute approximate surface area is 169 Å². The molecule has 0 spiro atoms. The number of aromatic nitrogens is 1. The Morgan fingerprint density at radius 2 is 1.93 bits per heavy atom. The van der Waals surface area contributed by atoms with E-state index in [0.29, 0.717) is 0 Å². The van der Waals surface area contributed by atoms with Crippen molar-refractivity contribution in [3.05, 3.63) is 14.5 Å². The average molecular weight is 423 g/mol. The number of rotatable bonds is 4. The van der Waals surface area contributed by atoms with Gasteiger partial charge in [-0.2, -0.15) is 0 Å². The summed E-state index contributed by atoms with van der Waals surface area (Å²) in [4.78, 5) is 54.2. The van der Waals surface area contributed by atoms with Crippen LogP contribution in [-0.2, 0) is 19.8 Å². The van der Waals surface area contributed by atoms with Gasteiger partial charge in [0.15, 0.2) is 0 Å². The van der Waals surface area contributed by atoms with Gasteiger partial charge in [-0.15, -0.1) is 11.8 Å². The fourth-order valence-electron chi connectivity index (χ4n) is 6.38. The molecule has 28 heavy (non-hydrogen) atoms. The second kappa shape index (κ2) is 5.95. The van der Waals surface area contributed by atoms with Crippen LogP contribution in [0, 0.1) is 29.6 Å². The second-order valence-corrected chi connectivity index (χ2v) is 10.8. The largest absolute Gasteiger partial charge is 0.481 e. The van der Waals surface area contributed by atoms with Gasteiger partial charge in [-0.1, -0.05) is 25.2 Å². The molecule has 1 aromatic heterocycles. The normalized spacial score (nSPS) is 40.6. The molecule has 150 valence electrons. The second-order valence-electron chi connectivity index (χ2n) is 8.64. The summed E-state index contributed by atoms with van der Waals surface area (Å²) in [6.07, 6.45) is 1.54. The van der Waals surface area contributed by atoms with Gasteiger partial charge in [0.05, 0.1) is 23.3 Å². The van der Waals surface area contributed by atoms with Crippen LogP contribution in [0.4, 0.5) is 0 Å². The third-order valence-electron chi connectivity index (χ3n) is 7.60. The highest BCUT2D eigenvalue weighted by Crippen LogP contribution is 2.69. The van der Waals surface area contributed by atoms with Crippen LogP contribution in [-0.4, -0.2) is 44.6 Å². The van der Waals surface area contributed by atoms with E-state index in [0.717, 1.165) is 22.7 Å². The predicted octanol–water partition coefficient (Wildman–Crippen LogP) is 1.92. The Kier molecular flexibility index (Phi) is 3.91. The standard InChI is InChI=1S/C19H22N2O5S2/c1-3-19(2)12-7-6-8(13(12)27-15-14(19)28-18(26)20-15)11-10(7)16(24)21(17(11)25)5-4-9(22)23/h7-8,10-13H,3-6H2,1-2H3,(H,20,26)(H,22,23)/t7-,8-,10-,11-,12-,13-,19-/m0/s1. The van der Waals surface area contributed by atoms with E-state index in [9.17, 15) is 19.2 Å². The van der Waals surface area contributed by atoms with Crippen molar-refractivity contribution in [3.8, 4) is 0 Å². The summed E-state index contributed by atoms with van der Waals surface area (Å²) in [5.41, 5.74) is -0.183. The molecule has 2 amide bonds. The van der Waals surface area contributed by atoms with E-state index in [1.165, 1.54) is 16.2 Å². The molecule has 2 aliphatic heterocycles. The van der Waals surface area contributed by atoms with Crippen LogP contribution < -0.4 is 4.87 Å². The summed E-state index contributed by atoms with van der Waals surface area (Å²) in [5.74, 6) is -1.54. The number of carboxylic acid groups (broad SMARTS) is 1. The first kappa shape index (κ1) is 18.4. The lowest BCUT2D eigenvalue weighted by Gasteiger charge is -2.48. The van der Waals surface area contributed by atoms with Crippen LogP contribution in [0.3, 0.4) is 0 Å². The van der Waals surface area contributed by atoms with Gasteiger partial charge in [0.1, 0.15) is 0 Å². The molecular formula is C19H22N2O5S2. The molecule has 7 nitrogen and oxygen atoms in total. The molecule has 5 rings (SSSR count). The van der Waals surface area contributed by atoms with E-state index in [1.54, 1.807) is 11.8 Å². The Hall–Kier alpha value is -1.61. The smallest absolute Gasteiger partial charge is 0.305 e. The van der Waals surface area contributed by atoms with Crippen LogP contribution in [0.15, 0.2) is 9.82 Å². The Morgan fingerprint density at radius 3 is 2.57 bits per heavy atom. The molecule has 2 saturated carbocycles. The zero-order valence-electron chi connectivity index (χ0n) is 15.6. The molecular weight excluding hydrogens is 400 g/mol. The molecule has 2 bridgehead atoms. The molecule has 4 aliphatic rings. The zero-order valence-corrected chi connectivity index (χ0v) is 17.3. The number of nitrogens with one attached hydrogen (secondary N) is 1. The fraction of sp³-hybridized carbons (Fsp3) is 0.684. The van der Waals surface area contributed by atoms with Gasteiger partial charge in [0.2, 0.25) is 11.8 Å². The number of H-pyrrole nitrogens is 1. The predicted molar refractivity (Wildman–Crippen MR) is 103 cm³/mol. The van der Waals surface area contributed by atoms with Gasteiger partial charge < -0.3 is 10.1 Å². The van der Waals surface area contributed by atoms with Crippen molar-refractivity contribution in [3.63, 3.8) is 0 Å². The topological polar surface area (TPSA) is 108 Å². The van der Waals surface area contributed by atoms with Crippen LogP contribution in [0.5, 0.6) is 0 Å². The Morgan fingerprint density at radius 1 is 1.25 bits per heavy atom. The van der Waals surface area contributed by atoms with E-state index >= 15 is 0 Å². The summed E-state index contributed by atoms with van der Waals surface area (Å²) in [6.45, 7) is 4.30. The molecule has 9 heteroatoms. The minimum atomic E-state index is -1.00. The highest BCUT2D eigenvalue weighted by Gasteiger charge is 2.71. The van der Waals surface area contributed by atoms with E-state index in [4.69, 9.17) is 5.11 Å². The number of thioether (sulfide) groups is 1.